The third-order valence-electron chi connectivity index (χ3n) is 2.72. The first-order chi connectivity index (χ1) is 9.78. The molecule has 20 heavy (non-hydrogen) atoms. The van der Waals surface area contributed by atoms with E-state index >= 15 is 0 Å². The van der Waals surface area contributed by atoms with Gasteiger partial charge in [0.05, 0.1) is 17.5 Å². The van der Waals surface area contributed by atoms with Gasteiger partial charge in [-0.2, -0.15) is 5.10 Å². The van der Waals surface area contributed by atoms with Crippen molar-refractivity contribution in [3.05, 3.63) is 60.3 Å². The van der Waals surface area contributed by atoms with E-state index in [4.69, 9.17) is 0 Å². The number of pyridine rings is 2. The molecule has 0 unspecified atom stereocenters. The number of aromatic nitrogens is 4. The summed E-state index contributed by atoms with van der Waals surface area (Å²) >= 11 is 0. The van der Waals surface area contributed by atoms with Crippen molar-refractivity contribution in [1.29, 1.82) is 0 Å². The summed E-state index contributed by atoms with van der Waals surface area (Å²) in [7, 11) is 0. The lowest BCUT2D eigenvalue weighted by molar-refractivity contribution is 0.112. The van der Waals surface area contributed by atoms with Crippen LogP contribution in [0.4, 0.5) is 4.39 Å². The molecule has 98 valence electrons. The van der Waals surface area contributed by atoms with Crippen molar-refractivity contribution >= 4 is 6.29 Å². The van der Waals surface area contributed by atoms with Crippen LogP contribution >= 0.6 is 0 Å². The summed E-state index contributed by atoms with van der Waals surface area (Å²) in [4.78, 5) is 19.2. The van der Waals surface area contributed by atoms with E-state index in [0.717, 1.165) is 6.20 Å². The minimum atomic E-state index is -0.439. The zero-order valence-corrected chi connectivity index (χ0v) is 10.3. The molecule has 0 N–H and O–H groups in total. The molecule has 3 aromatic rings. The first kappa shape index (κ1) is 12.2. The van der Waals surface area contributed by atoms with Crippen LogP contribution in [0.15, 0.2) is 48.9 Å². The molecule has 0 atom stereocenters. The Kier molecular flexibility index (Phi) is 3.04. The van der Waals surface area contributed by atoms with E-state index in [1.54, 1.807) is 24.5 Å². The number of hydrogen-bond donors (Lipinski definition) is 0. The van der Waals surface area contributed by atoms with Crippen molar-refractivity contribution in [2.45, 2.75) is 0 Å². The van der Waals surface area contributed by atoms with Crippen LogP contribution in [0.25, 0.3) is 17.2 Å². The van der Waals surface area contributed by atoms with Crippen molar-refractivity contribution < 1.29 is 9.18 Å². The molecule has 0 radical (unpaired) electrons. The molecule has 0 aliphatic carbocycles. The maximum absolute atomic E-state index is 12.9. The summed E-state index contributed by atoms with van der Waals surface area (Å²) in [6.07, 6.45) is 4.97. The number of halogens is 1. The van der Waals surface area contributed by atoms with Crippen LogP contribution in [0.5, 0.6) is 0 Å². The monoisotopic (exact) mass is 268 g/mol. The predicted molar refractivity (Wildman–Crippen MR) is 69.9 cm³/mol. The lowest BCUT2D eigenvalue weighted by Gasteiger charge is -1.98. The first-order valence-corrected chi connectivity index (χ1v) is 5.86. The number of aldehydes is 1. The lowest BCUT2D eigenvalue weighted by atomic mass is 10.2. The van der Waals surface area contributed by atoms with E-state index in [2.05, 4.69) is 15.1 Å². The largest absolute Gasteiger partial charge is 0.298 e. The average Bonchev–Trinajstić information content (AvgIpc) is 2.93. The van der Waals surface area contributed by atoms with Gasteiger partial charge < -0.3 is 0 Å². The molecule has 0 saturated carbocycles. The van der Waals surface area contributed by atoms with Gasteiger partial charge in [-0.15, -0.1) is 0 Å². The zero-order chi connectivity index (χ0) is 13.9. The summed E-state index contributed by atoms with van der Waals surface area (Å²) < 4.78 is 14.4. The highest BCUT2D eigenvalue weighted by molar-refractivity contribution is 5.84. The molecule has 3 heterocycles. The Morgan fingerprint density at radius 3 is 2.70 bits per heavy atom. The van der Waals surface area contributed by atoms with Crippen LogP contribution in [0.2, 0.25) is 0 Å². The van der Waals surface area contributed by atoms with Gasteiger partial charge in [-0.1, -0.05) is 6.07 Å². The molecule has 0 saturated heterocycles. The Morgan fingerprint density at radius 1 is 1.15 bits per heavy atom. The van der Waals surface area contributed by atoms with Crippen molar-refractivity contribution in [1.82, 2.24) is 19.7 Å². The van der Waals surface area contributed by atoms with E-state index in [1.165, 1.54) is 16.8 Å². The van der Waals surface area contributed by atoms with Gasteiger partial charge in [-0.05, 0) is 24.3 Å². The molecular formula is C14H9FN4O. The highest BCUT2D eigenvalue weighted by Crippen LogP contribution is 2.20. The van der Waals surface area contributed by atoms with E-state index in [-0.39, 0.29) is 0 Å². The molecule has 5 nitrogen and oxygen atoms in total. The molecule has 0 aliphatic rings. The molecule has 0 aromatic carbocycles. The zero-order valence-electron chi connectivity index (χ0n) is 10.3. The Hall–Kier alpha value is -2.89. The van der Waals surface area contributed by atoms with Gasteiger partial charge in [0, 0.05) is 12.4 Å². The van der Waals surface area contributed by atoms with Crippen molar-refractivity contribution in [2.75, 3.05) is 0 Å². The van der Waals surface area contributed by atoms with Gasteiger partial charge in [0.2, 0.25) is 0 Å². The van der Waals surface area contributed by atoms with E-state index in [1.807, 2.05) is 6.07 Å². The fourth-order valence-corrected chi connectivity index (χ4v) is 1.80. The third-order valence-corrected chi connectivity index (χ3v) is 2.72. The molecule has 0 fully saturated rings. The number of rotatable bonds is 3. The fraction of sp³-hybridized carbons (Fsp3) is 0. The Morgan fingerprint density at radius 2 is 2.05 bits per heavy atom. The molecule has 6 heteroatoms. The minimum Gasteiger partial charge on any atom is -0.298 e. The highest BCUT2D eigenvalue weighted by atomic mass is 19.1. The van der Waals surface area contributed by atoms with Gasteiger partial charge in [0.25, 0.3) is 0 Å². The number of carbonyl (C=O) groups excluding carboxylic acids is 1. The van der Waals surface area contributed by atoms with Crippen LogP contribution in [-0.2, 0) is 0 Å². The fourth-order valence-electron chi connectivity index (χ4n) is 1.80. The van der Waals surface area contributed by atoms with Crippen molar-refractivity contribution in [2.24, 2.45) is 0 Å². The van der Waals surface area contributed by atoms with Gasteiger partial charge in [0.15, 0.2) is 12.1 Å². The minimum absolute atomic E-state index is 0.370. The van der Waals surface area contributed by atoms with Gasteiger partial charge in [-0.25, -0.2) is 14.1 Å². The van der Waals surface area contributed by atoms with Gasteiger partial charge in [-0.3, -0.25) is 9.78 Å². The van der Waals surface area contributed by atoms with Crippen molar-refractivity contribution in [3.63, 3.8) is 0 Å². The predicted octanol–water partition coefficient (Wildman–Crippen LogP) is 2.28. The van der Waals surface area contributed by atoms with Crippen LogP contribution in [0, 0.1) is 5.82 Å². The molecule has 3 rings (SSSR count). The van der Waals surface area contributed by atoms with Crippen molar-refractivity contribution in [3.8, 4) is 17.2 Å². The number of carbonyl (C=O) groups is 1. The Balaban J connectivity index is 2.10. The molecule has 0 bridgehead atoms. The normalized spacial score (nSPS) is 10.4. The van der Waals surface area contributed by atoms with Crippen LogP contribution in [-0.4, -0.2) is 26.0 Å². The van der Waals surface area contributed by atoms with E-state index in [9.17, 15) is 9.18 Å². The summed E-state index contributed by atoms with van der Waals surface area (Å²) in [5.41, 5.74) is 1.20. The third kappa shape index (κ3) is 2.18. The second kappa shape index (κ2) is 5.00. The van der Waals surface area contributed by atoms with Crippen LogP contribution in [0.1, 0.15) is 10.4 Å². The smallest absolute Gasteiger partial charge is 0.153 e. The number of nitrogens with zero attached hydrogens (tertiary/aromatic N) is 4. The molecule has 0 aliphatic heterocycles. The quantitative estimate of drug-likeness (QED) is 0.684. The van der Waals surface area contributed by atoms with Gasteiger partial charge in [0.1, 0.15) is 11.5 Å². The Labute approximate surface area is 113 Å². The topological polar surface area (TPSA) is 60.7 Å². The second-order valence-corrected chi connectivity index (χ2v) is 4.05. The van der Waals surface area contributed by atoms with Crippen LogP contribution in [0.3, 0.4) is 0 Å². The molecular weight excluding hydrogens is 259 g/mol. The van der Waals surface area contributed by atoms with Gasteiger partial charge >= 0.3 is 0 Å². The lowest BCUT2D eigenvalue weighted by Crippen LogP contribution is -1.97. The standard InChI is InChI=1S/C14H9FN4O/c15-11-4-5-12(17-7-11)14-10(9-20)8-19(18-14)13-3-1-2-6-16-13/h1-9H. The maximum Gasteiger partial charge on any atom is 0.153 e. The summed E-state index contributed by atoms with van der Waals surface area (Å²) in [6, 6.07) is 8.13. The summed E-state index contributed by atoms with van der Waals surface area (Å²) in [6.45, 7) is 0. The number of hydrogen-bond acceptors (Lipinski definition) is 4. The molecule has 3 aromatic heterocycles. The molecule has 0 amide bonds. The maximum atomic E-state index is 12.9. The van der Waals surface area contributed by atoms with Crippen LogP contribution < -0.4 is 0 Å². The van der Waals surface area contributed by atoms with E-state index < -0.39 is 5.82 Å². The SMILES string of the molecule is O=Cc1cn(-c2ccccn2)nc1-c1ccc(F)cn1. The summed E-state index contributed by atoms with van der Waals surface area (Å²) in [5.74, 6) is 0.148. The highest BCUT2D eigenvalue weighted by Gasteiger charge is 2.13. The summed E-state index contributed by atoms with van der Waals surface area (Å²) in [5, 5.41) is 4.29. The second-order valence-electron chi connectivity index (χ2n) is 4.05. The first-order valence-electron chi connectivity index (χ1n) is 5.86. The average molecular weight is 268 g/mol. The molecule has 0 spiro atoms. The van der Waals surface area contributed by atoms with E-state index in [0.29, 0.717) is 29.1 Å². The Bertz CT molecular complexity index is 738.